The molecule has 1 atom stereocenters. The molecule has 0 radical (unpaired) electrons. The molecule has 1 fully saturated rings. The highest BCUT2D eigenvalue weighted by molar-refractivity contribution is 8.00. The van der Waals surface area contributed by atoms with Crippen LogP contribution in [0.1, 0.15) is 59.8 Å². The highest BCUT2D eigenvalue weighted by atomic mass is 32.2. The van der Waals surface area contributed by atoms with Gasteiger partial charge in [-0.05, 0) is 20.4 Å². The maximum Gasteiger partial charge on any atom is 0.0639 e. The van der Waals surface area contributed by atoms with Crippen molar-refractivity contribution >= 4 is 11.8 Å². The van der Waals surface area contributed by atoms with E-state index in [9.17, 15) is 0 Å². The first-order valence-corrected chi connectivity index (χ1v) is 7.53. The van der Waals surface area contributed by atoms with Gasteiger partial charge in [0.15, 0.2) is 0 Å². The summed E-state index contributed by atoms with van der Waals surface area (Å²) in [6.07, 6.45) is 6.94. The molecule has 0 saturated carbocycles. The molecule has 0 aromatic heterocycles. The summed E-state index contributed by atoms with van der Waals surface area (Å²) in [6, 6.07) is 0. The molecule has 0 spiro atoms. The summed E-state index contributed by atoms with van der Waals surface area (Å²) in [5.41, 5.74) is 0. The van der Waals surface area contributed by atoms with E-state index < -0.39 is 0 Å². The Morgan fingerprint density at radius 3 is 2.33 bits per heavy atom. The average molecular weight is 231 g/mol. The molecule has 0 N–H and O–H groups in total. The Labute approximate surface area is 101 Å². The van der Waals surface area contributed by atoms with Crippen molar-refractivity contribution in [2.24, 2.45) is 0 Å². The number of rotatable bonds is 5. The minimum absolute atomic E-state index is 0.452. The summed E-state index contributed by atoms with van der Waals surface area (Å²) in [5, 5.41) is 0. The van der Waals surface area contributed by atoms with E-state index in [1.165, 1.54) is 44.4 Å². The van der Waals surface area contributed by atoms with Gasteiger partial charge in [-0.3, -0.25) is 4.90 Å². The van der Waals surface area contributed by atoms with Gasteiger partial charge in [-0.2, -0.15) is 0 Å². The van der Waals surface area contributed by atoms with E-state index >= 15 is 0 Å². The Morgan fingerprint density at radius 1 is 1.20 bits per heavy atom. The van der Waals surface area contributed by atoms with Crippen LogP contribution >= 0.6 is 11.8 Å². The molecule has 0 aromatic carbocycles. The van der Waals surface area contributed by atoms with Gasteiger partial charge in [0.05, 0.1) is 4.87 Å². The van der Waals surface area contributed by atoms with E-state index in [-0.39, 0.29) is 0 Å². The number of hydrogen-bond acceptors (Lipinski definition) is 2. The summed E-state index contributed by atoms with van der Waals surface area (Å²) < 4.78 is 0. The molecule has 1 aliphatic rings. The van der Waals surface area contributed by atoms with Crippen molar-refractivity contribution in [1.29, 1.82) is 0 Å². The molecule has 0 aliphatic carbocycles. The van der Waals surface area contributed by atoms with Crippen molar-refractivity contribution in [2.45, 2.75) is 64.7 Å². The van der Waals surface area contributed by atoms with Gasteiger partial charge in [-0.15, -0.1) is 11.8 Å². The van der Waals surface area contributed by atoms with Crippen LogP contribution in [0.2, 0.25) is 0 Å². The first-order chi connectivity index (χ1) is 7.19. The molecular weight excluding hydrogens is 202 g/mol. The molecule has 0 bridgehead atoms. The molecule has 15 heavy (non-hydrogen) atoms. The van der Waals surface area contributed by atoms with Crippen LogP contribution in [0, 0.1) is 0 Å². The Kier molecular flexibility index (Phi) is 8.64. The van der Waals surface area contributed by atoms with E-state index in [0.717, 1.165) is 0 Å². The molecule has 0 aromatic rings. The van der Waals surface area contributed by atoms with Gasteiger partial charge in [-0.25, -0.2) is 0 Å². The van der Waals surface area contributed by atoms with Gasteiger partial charge in [0.25, 0.3) is 0 Å². The van der Waals surface area contributed by atoms with E-state index in [1.807, 2.05) is 13.8 Å². The zero-order valence-electron chi connectivity index (χ0n) is 11.3. The smallest absolute Gasteiger partial charge is 0.0639 e. The molecule has 1 aliphatic heterocycles. The van der Waals surface area contributed by atoms with Crippen LogP contribution in [-0.2, 0) is 0 Å². The first-order valence-electron chi connectivity index (χ1n) is 6.54. The van der Waals surface area contributed by atoms with Crippen LogP contribution in [0.3, 0.4) is 0 Å². The molecule has 1 unspecified atom stereocenters. The predicted molar refractivity (Wildman–Crippen MR) is 73.6 cm³/mol. The van der Waals surface area contributed by atoms with Crippen LogP contribution < -0.4 is 0 Å². The monoisotopic (exact) mass is 231 g/mol. The lowest BCUT2D eigenvalue weighted by atomic mass is 10.1. The number of thioether (sulfide) groups is 1. The number of hydrogen-bond donors (Lipinski definition) is 0. The van der Waals surface area contributed by atoms with Crippen LogP contribution in [0.15, 0.2) is 0 Å². The fourth-order valence-corrected chi connectivity index (χ4v) is 3.30. The Balaban J connectivity index is 0.000000921. The summed E-state index contributed by atoms with van der Waals surface area (Å²) in [6.45, 7) is 9.95. The molecule has 1 saturated heterocycles. The van der Waals surface area contributed by atoms with Gasteiger partial charge >= 0.3 is 0 Å². The number of nitrogens with zero attached hydrogens (tertiary/aromatic N) is 1. The molecule has 1 rings (SSSR count). The zero-order valence-corrected chi connectivity index (χ0v) is 12.1. The van der Waals surface area contributed by atoms with E-state index in [0.29, 0.717) is 4.87 Å². The molecule has 92 valence electrons. The van der Waals surface area contributed by atoms with Gasteiger partial charge in [0.2, 0.25) is 0 Å². The molecule has 0 amide bonds. The largest absolute Gasteiger partial charge is 0.291 e. The van der Waals surface area contributed by atoms with Crippen LogP contribution in [-0.4, -0.2) is 29.1 Å². The van der Waals surface area contributed by atoms with Gasteiger partial charge in [0, 0.05) is 12.3 Å². The Bertz CT molecular complexity index is 149. The minimum atomic E-state index is 0.452. The SMILES string of the molecule is CC.CCCCCCC1(C)SCCN1C. The third-order valence-electron chi connectivity index (χ3n) is 3.14. The number of unbranched alkanes of at least 4 members (excludes halogenated alkanes) is 3. The van der Waals surface area contributed by atoms with Crippen molar-refractivity contribution in [3.63, 3.8) is 0 Å². The van der Waals surface area contributed by atoms with E-state index in [4.69, 9.17) is 0 Å². The first kappa shape index (κ1) is 15.3. The third kappa shape index (κ3) is 5.26. The van der Waals surface area contributed by atoms with Crippen molar-refractivity contribution in [2.75, 3.05) is 19.3 Å². The maximum absolute atomic E-state index is 2.52. The van der Waals surface area contributed by atoms with Gasteiger partial charge < -0.3 is 0 Å². The summed E-state index contributed by atoms with van der Waals surface area (Å²) in [7, 11) is 2.26. The summed E-state index contributed by atoms with van der Waals surface area (Å²) in [4.78, 5) is 2.97. The average Bonchev–Trinajstić information content (AvgIpc) is 2.58. The van der Waals surface area contributed by atoms with Crippen molar-refractivity contribution < 1.29 is 0 Å². The van der Waals surface area contributed by atoms with Crippen LogP contribution in [0.4, 0.5) is 0 Å². The summed E-state index contributed by atoms with van der Waals surface area (Å²) >= 11 is 2.14. The van der Waals surface area contributed by atoms with Crippen molar-refractivity contribution in [3.05, 3.63) is 0 Å². The summed E-state index contributed by atoms with van der Waals surface area (Å²) in [5.74, 6) is 1.32. The van der Waals surface area contributed by atoms with E-state index in [1.54, 1.807) is 0 Å². The second kappa shape index (κ2) is 8.46. The van der Waals surface area contributed by atoms with Crippen LogP contribution in [0.5, 0.6) is 0 Å². The van der Waals surface area contributed by atoms with Crippen molar-refractivity contribution in [3.8, 4) is 0 Å². The lowest BCUT2D eigenvalue weighted by Gasteiger charge is -2.31. The van der Waals surface area contributed by atoms with Gasteiger partial charge in [0.1, 0.15) is 0 Å². The van der Waals surface area contributed by atoms with Gasteiger partial charge in [-0.1, -0.05) is 46.5 Å². The molecular formula is C13H29NS. The topological polar surface area (TPSA) is 3.24 Å². The standard InChI is InChI=1S/C11H23NS.C2H6/c1-4-5-6-7-8-11(2)12(3)9-10-13-11;1-2/h4-10H2,1-3H3;1-2H3. The minimum Gasteiger partial charge on any atom is -0.291 e. The van der Waals surface area contributed by atoms with Crippen molar-refractivity contribution in [1.82, 2.24) is 4.90 Å². The highest BCUT2D eigenvalue weighted by Gasteiger charge is 2.33. The Morgan fingerprint density at radius 2 is 1.87 bits per heavy atom. The molecule has 1 heterocycles. The van der Waals surface area contributed by atoms with E-state index in [2.05, 4.69) is 37.6 Å². The normalized spacial score (nSPS) is 26.2. The molecule has 2 heteroatoms. The van der Waals surface area contributed by atoms with Crippen LogP contribution in [0.25, 0.3) is 0 Å². The fourth-order valence-electron chi connectivity index (χ4n) is 1.89. The lowest BCUT2D eigenvalue weighted by Crippen LogP contribution is -2.35. The Hall–Kier alpha value is 0.310. The maximum atomic E-state index is 2.52. The predicted octanol–water partition coefficient (Wildman–Crippen LogP) is 4.38. The fraction of sp³-hybridized carbons (Fsp3) is 1.00. The highest BCUT2D eigenvalue weighted by Crippen LogP contribution is 2.38. The quantitative estimate of drug-likeness (QED) is 0.646. The second-order valence-corrected chi connectivity index (χ2v) is 5.83. The zero-order chi connectivity index (χ0) is 11.7. The lowest BCUT2D eigenvalue weighted by molar-refractivity contribution is 0.240. The molecule has 1 nitrogen and oxygen atoms in total. The third-order valence-corrected chi connectivity index (χ3v) is 4.67. The second-order valence-electron chi connectivity index (χ2n) is 4.26.